The van der Waals surface area contributed by atoms with Gasteiger partial charge in [0.05, 0.1) is 17.7 Å². The topological polar surface area (TPSA) is 126 Å². The molecule has 2 amide bonds. The Kier molecular flexibility index (Phi) is 6.48. The van der Waals surface area contributed by atoms with E-state index in [0.717, 1.165) is 21.9 Å². The Morgan fingerprint density at radius 1 is 1.26 bits per heavy atom. The summed E-state index contributed by atoms with van der Waals surface area (Å²) in [7, 11) is -1.96. The standard InChI is InChI=1S/C23H26N6O4S2/c1-33-16-3-4-17-15(14-16)2-6-20(27-17)35(31,32)21-7-5-19(34-21)18-8-9-24-22(28-18)25-10-12-29-13-11-26-23(29)30/h3-5,7-9,14,20,27H,2,6,10-13H2,1H3,(H,26,30)(H,24,25,28). The molecule has 5 rings (SSSR count). The van der Waals surface area contributed by atoms with Gasteiger partial charge in [-0.1, -0.05) is 0 Å². The van der Waals surface area contributed by atoms with Gasteiger partial charge in [0, 0.05) is 38.1 Å². The van der Waals surface area contributed by atoms with Gasteiger partial charge in [0.2, 0.25) is 15.8 Å². The average Bonchev–Trinajstić information content (AvgIpc) is 3.53. The van der Waals surface area contributed by atoms with Crippen molar-refractivity contribution in [3.63, 3.8) is 0 Å². The summed E-state index contributed by atoms with van der Waals surface area (Å²) >= 11 is 1.20. The quantitative estimate of drug-likeness (QED) is 0.419. The molecule has 0 radical (unpaired) electrons. The minimum atomic E-state index is -3.57. The number of methoxy groups -OCH3 is 1. The lowest BCUT2D eigenvalue weighted by Crippen LogP contribution is -2.33. The van der Waals surface area contributed by atoms with Crippen molar-refractivity contribution in [3.05, 3.63) is 48.2 Å². The van der Waals surface area contributed by atoms with Crippen LogP contribution in [-0.2, 0) is 16.3 Å². The molecular formula is C23H26N6O4S2. The monoisotopic (exact) mass is 514 g/mol. The largest absolute Gasteiger partial charge is 0.497 e. The fourth-order valence-corrected chi connectivity index (χ4v) is 7.21. The number of hydrogen-bond donors (Lipinski definition) is 3. The van der Waals surface area contributed by atoms with Gasteiger partial charge in [-0.25, -0.2) is 23.2 Å². The number of fused-ring (bicyclic) bond motifs is 1. The van der Waals surface area contributed by atoms with Gasteiger partial charge in [0.1, 0.15) is 15.3 Å². The molecule has 1 saturated heterocycles. The van der Waals surface area contributed by atoms with Crippen LogP contribution in [0.1, 0.15) is 12.0 Å². The number of carbonyl (C=O) groups excluding carboxylic acids is 1. The van der Waals surface area contributed by atoms with E-state index in [-0.39, 0.29) is 6.03 Å². The minimum Gasteiger partial charge on any atom is -0.497 e. The predicted molar refractivity (Wildman–Crippen MR) is 135 cm³/mol. The molecule has 1 atom stereocenters. The van der Waals surface area contributed by atoms with Crippen LogP contribution >= 0.6 is 11.3 Å². The van der Waals surface area contributed by atoms with E-state index < -0.39 is 15.2 Å². The highest BCUT2D eigenvalue weighted by atomic mass is 32.2. The van der Waals surface area contributed by atoms with Crippen LogP contribution in [0.5, 0.6) is 5.75 Å². The van der Waals surface area contributed by atoms with E-state index in [1.807, 2.05) is 18.2 Å². The maximum Gasteiger partial charge on any atom is 0.317 e. The second kappa shape index (κ2) is 9.70. The molecule has 10 nitrogen and oxygen atoms in total. The van der Waals surface area contributed by atoms with Crippen molar-refractivity contribution >= 4 is 38.8 Å². The van der Waals surface area contributed by atoms with E-state index in [1.165, 1.54) is 11.3 Å². The van der Waals surface area contributed by atoms with Crippen LogP contribution < -0.4 is 20.7 Å². The van der Waals surface area contributed by atoms with E-state index in [0.29, 0.717) is 54.9 Å². The Morgan fingerprint density at radius 2 is 2.14 bits per heavy atom. The second-order valence-electron chi connectivity index (χ2n) is 8.27. The van der Waals surface area contributed by atoms with Crippen molar-refractivity contribution in [2.24, 2.45) is 0 Å². The number of benzene rings is 1. The van der Waals surface area contributed by atoms with Crippen molar-refractivity contribution < 1.29 is 17.9 Å². The third-order valence-corrected chi connectivity index (χ3v) is 9.71. The Morgan fingerprint density at radius 3 is 2.94 bits per heavy atom. The lowest BCUT2D eigenvalue weighted by atomic mass is 10.0. The first-order valence-electron chi connectivity index (χ1n) is 11.3. The number of aryl methyl sites for hydroxylation is 1. The van der Waals surface area contributed by atoms with Crippen molar-refractivity contribution in [2.75, 3.05) is 43.9 Å². The summed E-state index contributed by atoms with van der Waals surface area (Å²) in [5.41, 5.74) is 2.51. The number of carbonyl (C=O) groups is 1. The normalized spacial score (nSPS) is 17.5. The van der Waals surface area contributed by atoms with E-state index >= 15 is 0 Å². The van der Waals surface area contributed by atoms with Gasteiger partial charge >= 0.3 is 6.03 Å². The molecule has 0 spiro atoms. The van der Waals surface area contributed by atoms with E-state index in [4.69, 9.17) is 4.74 Å². The summed E-state index contributed by atoms with van der Waals surface area (Å²) in [4.78, 5) is 22.9. The number of urea groups is 1. The predicted octanol–water partition coefficient (Wildman–Crippen LogP) is 2.81. The van der Waals surface area contributed by atoms with Crippen molar-refractivity contribution in [1.29, 1.82) is 0 Å². The number of thiophene rings is 1. The summed E-state index contributed by atoms with van der Waals surface area (Å²) in [6.45, 7) is 2.41. The Bertz CT molecular complexity index is 1340. The van der Waals surface area contributed by atoms with Gasteiger partial charge in [0.15, 0.2) is 0 Å². The molecule has 0 bridgehead atoms. The number of aromatic nitrogens is 2. The van der Waals surface area contributed by atoms with Crippen LogP contribution in [0.3, 0.4) is 0 Å². The van der Waals surface area contributed by atoms with Crippen molar-refractivity contribution in [3.8, 4) is 16.3 Å². The van der Waals surface area contributed by atoms with Gasteiger partial charge in [-0.2, -0.15) is 0 Å². The summed E-state index contributed by atoms with van der Waals surface area (Å²) < 4.78 is 32.3. The molecule has 2 aliphatic heterocycles. The number of anilines is 2. The minimum absolute atomic E-state index is 0.0653. The number of sulfone groups is 1. The molecule has 0 aliphatic carbocycles. The van der Waals surface area contributed by atoms with E-state index in [1.54, 1.807) is 36.4 Å². The first-order valence-corrected chi connectivity index (χ1v) is 13.7. The molecule has 1 aromatic carbocycles. The number of hydrogen-bond acceptors (Lipinski definition) is 9. The fourth-order valence-electron chi connectivity index (χ4n) is 4.17. The first-order chi connectivity index (χ1) is 16.9. The fraction of sp³-hybridized carbons (Fsp3) is 0.348. The van der Waals surface area contributed by atoms with Crippen molar-refractivity contribution in [2.45, 2.75) is 22.4 Å². The highest BCUT2D eigenvalue weighted by molar-refractivity contribution is 7.94. The highest BCUT2D eigenvalue weighted by Crippen LogP contribution is 2.36. The molecule has 12 heteroatoms. The van der Waals surface area contributed by atoms with Crippen LogP contribution in [0.25, 0.3) is 10.6 Å². The van der Waals surface area contributed by atoms with Crippen molar-refractivity contribution in [1.82, 2.24) is 20.2 Å². The van der Waals surface area contributed by atoms with Gasteiger partial charge in [-0.15, -0.1) is 11.3 Å². The van der Waals surface area contributed by atoms with Crippen LogP contribution in [0.2, 0.25) is 0 Å². The summed E-state index contributed by atoms with van der Waals surface area (Å²) in [5, 5.41) is 8.39. The molecular weight excluding hydrogens is 488 g/mol. The zero-order valence-electron chi connectivity index (χ0n) is 19.2. The third kappa shape index (κ3) is 4.89. The zero-order valence-corrected chi connectivity index (χ0v) is 20.8. The molecule has 1 fully saturated rings. The van der Waals surface area contributed by atoms with Gasteiger partial charge in [-0.3, -0.25) is 0 Å². The lowest BCUT2D eigenvalue weighted by Gasteiger charge is -2.26. The summed E-state index contributed by atoms with van der Waals surface area (Å²) in [6, 6.07) is 10.7. The number of rotatable bonds is 8. The lowest BCUT2D eigenvalue weighted by molar-refractivity contribution is 0.219. The average molecular weight is 515 g/mol. The number of nitrogens with one attached hydrogen (secondary N) is 3. The third-order valence-electron chi connectivity index (χ3n) is 6.06. The summed E-state index contributed by atoms with van der Waals surface area (Å²) in [5.74, 6) is 1.19. The Balaban J connectivity index is 1.27. The van der Waals surface area contributed by atoms with E-state index in [2.05, 4.69) is 25.9 Å². The van der Waals surface area contributed by atoms with E-state index in [9.17, 15) is 13.2 Å². The van der Waals surface area contributed by atoms with Crippen LogP contribution in [0.4, 0.5) is 16.4 Å². The maximum absolute atomic E-state index is 13.4. The van der Waals surface area contributed by atoms with Crippen LogP contribution in [-0.4, -0.2) is 68.0 Å². The molecule has 2 aromatic heterocycles. The highest BCUT2D eigenvalue weighted by Gasteiger charge is 2.32. The molecule has 184 valence electrons. The molecule has 4 heterocycles. The first kappa shape index (κ1) is 23.4. The van der Waals surface area contributed by atoms with Gasteiger partial charge < -0.3 is 25.6 Å². The van der Waals surface area contributed by atoms with Crippen LogP contribution in [0.15, 0.2) is 46.8 Å². The number of nitrogens with zero attached hydrogens (tertiary/aromatic N) is 3. The number of amides is 2. The molecule has 1 unspecified atom stereocenters. The molecule has 3 aromatic rings. The van der Waals surface area contributed by atoms with Crippen LogP contribution in [0, 0.1) is 0 Å². The SMILES string of the molecule is COc1ccc2c(c1)CCC(S(=O)(=O)c1ccc(-c3ccnc(NCCN4CCNC4=O)n3)s1)N2. The number of ether oxygens (including phenoxy) is 1. The maximum atomic E-state index is 13.4. The molecule has 2 aliphatic rings. The van der Waals surface area contributed by atoms with Gasteiger partial charge in [-0.05, 0) is 54.8 Å². The molecule has 0 saturated carbocycles. The van der Waals surface area contributed by atoms with Gasteiger partial charge in [0.25, 0.3) is 0 Å². The Hall–Kier alpha value is -3.38. The summed E-state index contributed by atoms with van der Waals surface area (Å²) in [6.07, 6.45) is 2.77. The molecule has 35 heavy (non-hydrogen) atoms. The zero-order chi connectivity index (χ0) is 24.4. The smallest absolute Gasteiger partial charge is 0.317 e. The second-order valence-corrected chi connectivity index (χ2v) is 11.7. The Labute approximate surface area is 207 Å². The molecule has 3 N–H and O–H groups in total.